The summed E-state index contributed by atoms with van der Waals surface area (Å²) in [6.07, 6.45) is 1.90. The summed E-state index contributed by atoms with van der Waals surface area (Å²) in [6, 6.07) is 11.6. The molecule has 0 heterocycles. The quantitative estimate of drug-likeness (QED) is 0.772. The topological polar surface area (TPSA) is 58.6 Å². The van der Waals surface area contributed by atoms with Crippen LogP contribution in [0.15, 0.2) is 55.1 Å². The van der Waals surface area contributed by atoms with Crippen LogP contribution in [0.3, 0.4) is 0 Å². The first-order chi connectivity index (χ1) is 12.5. The van der Waals surface area contributed by atoms with Gasteiger partial charge in [0.1, 0.15) is 11.4 Å². The SMILES string of the molecule is C=CC(=O)Nc1ccc(CCC(=O)N(C)c2c(F)cccc2OC)cc1. The van der Waals surface area contributed by atoms with E-state index >= 15 is 0 Å². The Bertz CT molecular complexity index is 803. The van der Waals surface area contributed by atoms with Crippen LogP contribution in [-0.4, -0.2) is 26.0 Å². The summed E-state index contributed by atoms with van der Waals surface area (Å²) in [7, 11) is 2.96. The Balaban J connectivity index is 2.00. The number of hydrogen-bond donors (Lipinski definition) is 1. The summed E-state index contributed by atoms with van der Waals surface area (Å²) in [4.78, 5) is 24.9. The summed E-state index contributed by atoms with van der Waals surface area (Å²) in [5, 5.41) is 2.65. The molecule has 0 bridgehead atoms. The highest BCUT2D eigenvalue weighted by molar-refractivity contribution is 5.98. The molecular weight excluding hydrogens is 335 g/mol. The molecule has 0 unspecified atom stereocenters. The number of carbonyl (C=O) groups excluding carboxylic acids is 2. The minimum absolute atomic E-state index is 0.127. The van der Waals surface area contributed by atoms with Crippen molar-refractivity contribution in [1.82, 2.24) is 0 Å². The molecule has 2 rings (SSSR count). The predicted octanol–water partition coefficient (Wildman–Crippen LogP) is 3.55. The standard InChI is InChI=1S/C20H21FN2O3/c1-4-18(24)22-15-11-8-14(9-12-15)10-13-19(25)23(2)20-16(21)6-5-7-17(20)26-3/h4-9,11-12H,1,10,13H2,2-3H3,(H,22,24). The number of ether oxygens (including phenoxy) is 1. The van der Waals surface area contributed by atoms with Gasteiger partial charge in [-0.15, -0.1) is 0 Å². The monoisotopic (exact) mass is 356 g/mol. The zero-order valence-corrected chi connectivity index (χ0v) is 14.8. The van der Waals surface area contributed by atoms with Crippen LogP contribution in [-0.2, 0) is 16.0 Å². The molecule has 26 heavy (non-hydrogen) atoms. The summed E-state index contributed by atoms with van der Waals surface area (Å²) in [5.41, 5.74) is 1.71. The van der Waals surface area contributed by atoms with E-state index in [1.165, 1.54) is 37.3 Å². The summed E-state index contributed by atoms with van der Waals surface area (Å²) >= 11 is 0. The van der Waals surface area contributed by atoms with Crippen molar-refractivity contribution < 1.29 is 18.7 Å². The largest absolute Gasteiger partial charge is 0.494 e. The van der Waals surface area contributed by atoms with Crippen LogP contribution in [0.2, 0.25) is 0 Å². The summed E-state index contributed by atoms with van der Waals surface area (Å²) in [6.45, 7) is 3.39. The number of halogens is 1. The number of carbonyl (C=O) groups is 2. The maximum absolute atomic E-state index is 14.1. The van der Waals surface area contributed by atoms with Crippen molar-refractivity contribution in [3.05, 3.63) is 66.5 Å². The maximum atomic E-state index is 14.1. The Hall–Kier alpha value is -3.15. The van der Waals surface area contributed by atoms with Crippen LogP contribution in [0.5, 0.6) is 5.75 Å². The minimum atomic E-state index is -0.512. The lowest BCUT2D eigenvalue weighted by Gasteiger charge is -2.20. The van der Waals surface area contributed by atoms with Crippen LogP contribution in [0.25, 0.3) is 0 Å². The Kier molecular flexibility index (Phi) is 6.49. The molecule has 6 heteroatoms. The molecule has 0 saturated heterocycles. The van der Waals surface area contributed by atoms with Crippen LogP contribution in [0.4, 0.5) is 15.8 Å². The van der Waals surface area contributed by atoms with Gasteiger partial charge < -0.3 is 15.0 Å². The second-order valence-electron chi connectivity index (χ2n) is 5.63. The highest BCUT2D eigenvalue weighted by atomic mass is 19.1. The number of nitrogens with one attached hydrogen (secondary N) is 1. The van der Waals surface area contributed by atoms with Gasteiger partial charge in [-0.3, -0.25) is 9.59 Å². The van der Waals surface area contributed by atoms with Gasteiger partial charge in [0.25, 0.3) is 0 Å². The maximum Gasteiger partial charge on any atom is 0.247 e. The van der Waals surface area contributed by atoms with Crippen molar-refractivity contribution >= 4 is 23.2 Å². The van der Waals surface area contributed by atoms with Gasteiger partial charge in [0.05, 0.1) is 7.11 Å². The lowest BCUT2D eigenvalue weighted by molar-refractivity contribution is -0.118. The van der Waals surface area contributed by atoms with Crippen LogP contribution < -0.4 is 15.0 Å². The second kappa shape index (κ2) is 8.80. The molecule has 2 amide bonds. The lowest BCUT2D eigenvalue weighted by atomic mass is 10.1. The van der Waals surface area contributed by atoms with Crippen molar-refractivity contribution in [3.8, 4) is 5.75 Å². The normalized spacial score (nSPS) is 10.1. The molecule has 1 N–H and O–H groups in total. The van der Waals surface area contributed by atoms with Gasteiger partial charge in [-0.25, -0.2) is 4.39 Å². The van der Waals surface area contributed by atoms with Crippen LogP contribution >= 0.6 is 0 Å². The molecule has 0 spiro atoms. The van der Waals surface area contributed by atoms with E-state index in [0.29, 0.717) is 17.9 Å². The minimum Gasteiger partial charge on any atom is -0.494 e. The molecular formula is C20H21FN2O3. The number of aryl methyl sites for hydroxylation is 1. The van der Waals surface area contributed by atoms with E-state index in [1.807, 2.05) is 12.1 Å². The van der Waals surface area contributed by atoms with E-state index in [9.17, 15) is 14.0 Å². The smallest absolute Gasteiger partial charge is 0.247 e. The number of nitrogens with zero attached hydrogens (tertiary/aromatic N) is 1. The van der Waals surface area contributed by atoms with Crippen LogP contribution in [0.1, 0.15) is 12.0 Å². The molecule has 136 valence electrons. The van der Waals surface area contributed by atoms with E-state index in [4.69, 9.17) is 4.74 Å². The van der Waals surface area contributed by atoms with E-state index in [1.54, 1.807) is 18.2 Å². The van der Waals surface area contributed by atoms with E-state index in [-0.39, 0.29) is 23.9 Å². The molecule has 0 radical (unpaired) electrons. The Labute approximate surface area is 152 Å². The van der Waals surface area contributed by atoms with E-state index in [2.05, 4.69) is 11.9 Å². The van der Waals surface area contributed by atoms with Crippen molar-refractivity contribution in [1.29, 1.82) is 0 Å². The second-order valence-corrected chi connectivity index (χ2v) is 5.63. The zero-order chi connectivity index (χ0) is 19.1. The van der Waals surface area contributed by atoms with Crippen molar-refractivity contribution in [2.45, 2.75) is 12.8 Å². The summed E-state index contributed by atoms with van der Waals surface area (Å²) < 4.78 is 19.2. The average Bonchev–Trinajstić information content (AvgIpc) is 2.66. The van der Waals surface area contributed by atoms with Gasteiger partial charge in [0.2, 0.25) is 11.8 Å². The molecule has 0 saturated carbocycles. The zero-order valence-electron chi connectivity index (χ0n) is 14.8. The molecule has 0 aliphatic carbocycles. The number of amides is 2. The number of methoxy groups -OCH3 is 1. The van der Waals surface area contributed by atoms with Gasteiger partial charge in [-0.1, -0.05) is 24.8 Å². The molecule has 0 aliphatic heterocycles. The van der Waals surface area contributed by atoms with Crippen molar-refractivity contribution in [2.24, 2.45) is 0 Å². The van der Waals surface area contributed by atoms with Gasteiger partial charge in [0.15, 0.2) is 5.82 Å². The molecule has 0 aromatic heterocycles. The molecule has 0 fully saturated rings. The molecule has 0 aliphatic rings. The van der Waals surface area contributed by atoms with Gasteiger partial charge in [-0.05, 0) is 42.3 Å². The highest BCUT2D eigenvalue weighted by Crippen LogP contribution is 2.30. The van der Waals surface area contributed by atoms with Gasteiger partial charge >= 0.3 is 0 Å². The third-order valence-electron chi connectivity index (χ3n) is 3.91. The van der Waals surface area contributed by atoms with E-state index in [0.717, 1.165) is 5.56 Å². The number of para-hydroxylation sites is 1. The number of rotatable bonds is 7. The lowest BCUT2D eigenvalue weighted by Crippen LogP contribution is -2.27. The van der Waals surface area contributed by atoms with Gasteiger partial charge in [0, 0.05) is 19.2 Å². The Morgan fingerprint density at radius 2 is 1.92 bits per heavy atom. The van der Waals surface area contributed by atoms with Crippen LogP contribution in [0, 0.1) is 5.82 Å². The average molecular weight is 356 g/mol. The first-order valence-corrected chi connectivity index (χ1v) is 8.07. The Morgan fingerprint density at radius 3 is 2.54 bits per heavy atom. The number of anilines is 2. The first kappa shape index (κ1) is 19.2. The van der Waals surface area contributed by atoms with Crippen molar-refractivity contribution in [2.75, 3.05) is 24.4 Å². The third-order valence-corrected chi connectivity index (χ3v) is 3.91. The fourth-order valence-electron chi connectivity index (χ4n) is 2.48. The third kappa shape index (κ3) is 4.69. The highest BCUT2D eigenvalue weighted by Gasteiger charge is 2.19. The molecule has 2 aromatic carbocycles. The van der Waals surface area contributed by atoms with Gasteiger partial charge in [-0.2, -0.15) is 0 Å². The fourth-order valence-corrected chi connectivity index (χ4v) is 2.48. The fraction of sp³-hybridized carbons (Fsp3) is 0.200. The first-order valence-electron chi connectivity index (χ1n) is 8.07. The molecule has 2 aromatic rings. The number of hydrogen-bond acceptors (Lipinski definition) is 3. The van der Waals surface area contributed by atoms with Crippen molar-refractivity contribution in [3.63, 3.8) is 0 Å². The molecule has 5 nitrogen and oxygen atoms in total. The number of benzene rings is 2. The van der Waals surface area contributed by atoms with E-state index < -0.39 is 5.82 Å². The summed E-state index contributed by atoms with van der Waals surface area (Å²) in [5.74, 6) is -0.712. The molecule has 0 atom stereocenters. The Morgan fingerprint density at radius 1 is 1.23 bits per heavy atom. The predicted molar refractivity (Wildman–Crippen MR) is 100.0 cm³/mol.